The van der Waals surface area contributed by atoms with Crippen molar-refractivity contribution in [2.75, 3.05) is 13.1 Å². The fourth-order valence-electron chi connectivity index (χ4n) is 3.45. The molecular weight excluding hydrogens is 350 g/mol. The number of hydrogen-bond donors (Lipinski definition) is 0. The number of carbonyl (C=O) groups is 1. The molecule has 0 radical (unpaired) electrons. The lowest BCUT2D eigenvalue weighted by molar-refractivity contribution is 0.0498. The Kier molecular flexibility index (Phi) is 4.01. The molecular formula is C22H19N5O. The second-order valence-electron chi connectivity index (χ2n) is 6.95. The van der Waals surface area contributed by atoms with Crippen molar-refractivity contribution >= 4 is 5.91 Å². The fourth-order valence-corrected chi connectivity index (χ4v) is 3.45. The summed E-state index contributed by atoms with van der Waals surface area (Å²) in [7, 11) is 0. The molecule has 138 valence electrons. The van der Waals surface area contributed by atoms with E-state index in [1.165, 1.54) is 0 Å². The zero-order chi connectivity index (χ0) is 18.9. The highest BCUT2D eigenvalue weighted by Crippen LogP contribution is 2.25. The lowest BCUT2D eigenvalue weighted by atomic mass is 10.1. The minimum atomic E-state index is 0.0544. The molecule has 3 heterocycles. The van der Waals surface area contributed by atoms with Crippen LogP contribution in [0.5, 0.6) is 0 Å². The largest absolute Gasteiger partial charge is 0.334 e. The van der Waals surface area contributed by atoms with E-state index in [0.717, 1.165) is 16.9 Å². The third-order valence-corrected chi connectivity index (χ3v) is 5.12. The first-order valence-electron chi connectivity index (χ1n) is 9.28. The Balaban J connectivity index is 1.23. The van der Waals surface area contributed by atoms with E-state index in [1.807, 2.05) is 99.5 Å². The summed E-state index contributed by atoms with van der Waals surface area (Å²) in [6.07, 6.45) is 5.92. The van der Waals surface area contributed by atoms with Crippen LogP contribution in [0.25, 0.3) is 16.9 Å². The van der Waals surface area contributed by atoms with Crippen LogP contribution in [0, 0.1) is 0 Å². The zero-order valence-corrected chi connectivity index (χ0v) is 15.2. The maximum absolute atomic E-state index is 12.7. The molecule has 0 bridgehead atoms. The van der Waals surface area contributed by atoms with E-state index < -0.39 is 0 Å². The summed E-state index contributed by atoms with van der Waals surface area (Å²) in [6.45, 7) is 1.30. The van der Waals surface area contributed by atoms with Gasteiger partial charge in [0, 0.05) is 42.3 Å². The van der Waals surface area contributed by atoms with Crippen molar-refractivity contribution in [2.24, 2.45) is 0 Å². The monoisotopic (exact) mass is 369 g/mol. The molecule has 5 rings (SSSR count). The van der Waals surface area contributed by atoms with Gasteiger partial charge in [0.15, 0.2) is 0 Å². The van der Waals surface area contributed by atoms with E-state index in [1.54, 1.807) is 0 Å². The summed E-state index contributed by atoms with van der Waals surface area (Å²) < 4.78 is 3.88. The van der Waals surface area contributed by atoms with Crippen LogP contribution in [0.2, 0.25) is 0 Å². The highest BCUT2D eigenvalue weighted by molar-refractivity contribution is 5.95. The Morgan fingerprint density at radius 1 is 0.893 bits per heavy atom. The van der Waals surface area contributed by atoms with Crippen LogP contribution in [0.1, 0.15) is 16.4 Å². The van der Waals surface area contributed by atoms with Crippen molar-refractivity contribution in [1.82, 2.24) is 24.5 Å². The summed E-state index contributed by atoms with van der Waals surface area (Å²) in [5, 5.41) is 8.51. The van der Waals surface area contributed by atoms with E-state index in [4.69, 9.17) is 0 Å². The summed E-state index contributed by atoms with van der Waals surface area (Å²) >= 11 is 0. The first-order chi connectivity index (χ1) is 13.8. The molecule has 28 heavy (non-hydrogen) atoms. The molecule has 0 unspecified atom stereocenters. The Hall–Kier alpha value is -3.67. The van der Waals surface area contributed by atoms with Crippen molar-refractivity contribution < 1.29 is 4.79 Å². The van der Waals surface area contributed by atoms with E-state index in [-0.39, 0.29) is 11.9 Å². The number of aromatic nitrogens is 4. The first kappa shape index (κ1) is 16.5. The van der Waals surface area contributed by atoms with Gasteiger partial charge in [-0.3, -0.25) is 4.79 Å². The number of nitrogens with zero attached hydrogens (tertiary/aromatic N) is 5. The topological polar surface area (TPSA) is 56.0 Å². The number of carbonyl (C=O) groups excluding carboxylic acids is 1. The molecule has 1 aliphatic rings. The lowest BCUT2D eigenvalue weighted by Crippen LogP contribution is -2.50. The van der Waals surface area contributed by atoms with Gasteiger partial charge in [0.05, 0.1) is 12.2 Å². The third kappa shape index (κ3) is 2.99. The molecule has 0 spiro atoms. The van der Waals surface area contributed by atoms with Gasteiger partial charge in [0.1, 0.15) is 5.69 Å². The SMILES string of the molecule is O=C(c1ccc(-n2cccc2)cc1)N1CC(n2cc(-c3ccccc3)nn2)C1. The fraction of sp³-hybridized carbons (Fsp3) is 0.136. The Bertz CT molecular complexity index is 1080. The maximum Gasteiger partial charge on any atom is 0.254 e. The van der Waals surface area contributed by atoms with Crippen molar-refractivity contribution in [3.05, 3.63) is 90.9 Å². The zero-order valence-electron chi connectivity index (χ0n) is 15.2. The van der Waals surface area contributed by atoms with Crippen molar-refractivity contribution in [1.29, 1.82) is 0 Å². The Labute approximate surface area is 162 Å². The van der Waals surface area contributed by atoms with Crippen LogP contribution in [-0.4, -0.2) is 43.5 Å². The molecule has 0 atom stereocenters. The predicted octanol–water partition coefficient (Wildman–Crippen LogP) is 3.43. The lowest BCUT2D eigenvalue weighted by Gasteiger charge is -2.38. The van der Waals surface area contributed by atoms with Gasteiger partial charge >= 0.3 is 0 Å². The first-order valence-corrected chi connectivity index (χ1v) is 9.28. The predicted molar refractivity (Wildman–Crippen MR) is 106 cm³/mol. The molecule has 1 amide bonds. The van der Waals surface area contributed by atoms with E-state index in [0.29, 0.717) is 18.7 Å². The van der Waals surface area contributed by atoms with Gasteiger partial charge in [-0.1, -0.05) is 35.5 Å². The molecule has 2 aromatic heterocycles. The maximum atomic E-state index is 12.7. The molecule has 1 aliphatic heterocycles. The van der Waals surface area contributed by atoms with E-state index >= 15 is 0 Å². The van der Waals surface area contributed by atoms with Gasteiger partial charge in [-0.2, -0.15) is 0 Å². The third-order valence-electron chi connectivity index (χ3n) is 5.12. The normalized spacial score (nSPS) is 14.1. The van der Waals surface area contributed by atoms with Crippen LogP contribution in [0.4, 0.5) is 0 Å². The van der Waals surface area contributed by atoms with Crippen LogP contribution in [0.15, 0.2) is 85.3 Å². The Morgan fingerprint density at radius 2 is 1.61 bits per heavy atom. The van der Waals surface area contributed by atoms with Crippen LogP contribution in [0.3, 0.4) is 0 Å². The molecule has 0 saturated carbocycles. The molecule has 6 heteroatoms. The summed E-state index contributed by atoms with van der Waals surface area (Å²) in [5.74, 6) is 0.0544. The second-order valence-corrected chi connectivity index (χ2v) is 6.95. The van der Waals surface area contributed by atoms with Crippen molar-refractivity contribution in [2.45, 2.75) is 6.04 Å². The average molecular weight is 369 g/mol. The average Bonchev–Trinajstić information content (AvgIpc) is 3.40. The van der Waals surface area contributed by atoms with Crippen LogP contribution >= 0.6 is 0 Å². The molecule has 0 N–H and O–H groups in total. The van der Waals surface area contributed by atoms with Crippen LogP contribution in [-0.2, 0) is 0 Å². The summed E-state index contributed by atoms with van der Waals surface area (Å²) in [4.78, 5) is 14.5. The van der Waals surface area contributed by atoms with Gasteiger partial charge in [-0.15, -0.1) is 5.10 Å². The highest BCUT2D eigenvalue weighted by Gasteiger charge is 2.33. The van der Waals surface area contributed by atoms with E-state index in [9.17, 15) is 4.79 Å². The number of amides is 1. The van der Waals surface area contributed by atoms with Crippen molar-refractivity contribution in [3.8, 4) is 16.9 Å². The molecule has 2 aromatic carbocycles. The van der Waals surface area contributed by atoms with E-state index in [2.05, 4.69) is 10.3 Å². The standard InChI is InChI=1S/C22H19N5O/c28-22(18-8-10-19(11-9-18)25-12-4-5-13-25)26-14-20(15-26)27-16-21(23-24-27)17-6-2-1-3-7-17/h1-13,16,20H,14-15H2. The van der Waals surface area contributed by atoms with Gasteiger partial charge < -0.3 is 9.47 Å². The molecule has 1 fully saturated rings. The van der Waals surface area contributed by atoms with Gasteiger partial charge in [0.25, 0.3) is 5.91 Å². The van der Waals surface area contributed by atoms with Gasteiger partial charge in [0.2, 0.25) is 0 Å². The molecule has 1 saturated heterocycles. The molecule has 6 nitrogen and oxygen atoms in total. The minimum absolute atomic E-state index is 0.0544. The molecule has 4 aromatic rings. The smallest absolute Gasteiger partial charge is 0.254 e. The number of hydrogen-bond acceptors (Lipinski definition) is 3. The summed E-state index contributed by atoms with van der Waals surface area (Å²) in [6, 6.07) is 21.8. The number of likely N-dealkylation sites (tertiary alicyclic amines) is 1. The van der Waals surface area contributed by atoms with Crippen molar-refractivity contribution in [3.63, 3.8) is 0 Å². The molecule has 0 aliphatic carbocycles. The quantitative estimate of drug-likeness (QED) is 0.554. The number of benzene rings is 2. The second kappa shape index (κ2) is 6.81. The van der Waals surface area contributed by atoms with Gasteiger partial charge in [-0.25, -0.2) is 4.68 Å². The summed E-state index contributed by atoms with van der Waals surface area (Å²) in [5.41, 5.74) is 3.65. The number of rotatable bonds is 4. The highest BCUT2D eigenvalue weighted by atomic mass is 16.2. The van der Waals surface area contributed by atoms with Crippen LogP contribution < -0.4 is 0 Å². The Morgan fingerprint density at radius 3 is 2.32 bits per heavy atom. The minimum Gasteiger partial charge on any atom is -0.334 e. The van der Waals surface area contributed by atoms with Gasteiger partial charge in [-0.05, 0) is 36.4 Å².